The van der Waals surface area contributed by atoms with Crippen LogP contribution in [0.3, 0.4) is 0 Å². The van der Waals surface area contributed by atoms with Crippen molar-refractivity contribution >= 4 is 29.0 Å². The maximum atomic E-state index is 12.0. The van der Waals surface area contributed by atoms with Gasteiger partial charge in [0.25, 0.3) is 0 Å². The summed E-state index contributed by atoms with van der Waals surface area (Å²) in [7, 11) is 0. The number of nitrogens with zero attached hydrogens (tertiary/aromatic N) is 1. The summed E-state index contributed by atoms with van der Waals surface area (Å²) >= 11 is 5.87. The van der Waals surface area contributed by atoms with Gasteiger partial charge in [0.05, 0.1) is 0 Å². The summed E-state index contributed by atoms with van der Waals surface area (Å²) in [6.45, 7) is 1.84. The summed E-state index contributed by atoms with van der Waals surface area (Å²) in [5.41, 5.74) is 2.77. The number of esters is 1. The first-order chi connectivity index (χ1) is 10.1. The molecule has 2 aromatic carbocycles. The number of benzene rings is 2. The predicted molar refractivity (Wildman–Crippen MR) is 83.1 cm³/mol. The topological polar surface area (TPSA) is 38.7 Å². The molecule has 0 aromatic heterocycles. The van der Waals surface area contributed by atoms with Gasteiger partial charge < -0.3 is 4.74 Å². The molecule has 3 rings (SSSR count). The van der Waals surface area contributed by atoms with E-state index in [4.69, 9.17) is 16.3 Å². The van der Waals surface area contributed by atoms with Gasteiger partial charge in [0.15, 0.2) is 5.70 Å². The number of carbonyl (C=O) groups is 1. The molecule has 2 aromatic rings. The van der Waals surface area contributed by atoms with Crippen LogP contribution in [0.25, 0.3) is 5.57 Å². The number of hydrogen-bond donors (Lipinski definition) is 0. The van der Waals surface area contributed by atoms with Crippen molar-refractivity contribution in [2.75, 3.05) is 0 Å². The fourth-order valence-corrected chi connectivity index (χ4v) is 2.21. The Morgan fingerprint density at radius 2 is 1.71 bits per heavy atom. The second kappa shape index (κ2) is 5.54. The van der Waals surface area contributed by atoms with E-state index in [1.807, 2.05) is 49.4 Å². The molecule has 1 heterocycles. The van der Waals surface area contributed by atoms with Crippen LogP contribution in [0.4, 0.5) is 0 Å². The molecule has 104 valence electrons. The molecular formula is C17H12ClNO2. The molecule has 0 bridgehead atoms. The van der Waals surface area contributed by atoms with E-state index in [0.29, 0.717) is 16.6 Å². The Balaban J connectivity index is 2.01. The molecule has 0 saturated heterocycles. The van der Waals surface area contributed by atoms with Crippen molar-refractivity contribution in [3.63, 3.8) is 0 Å². The lowest BCUT2D eigenvalue weighted by Gasteiger charge is -2.02. The van der Waals surface area contributed by atoms with E-state index in [1.54, 1.807) is 12.1 Å². The van der Waals surface area contributed by atoms with Gasteiger partial charge in [0, 0.05) is 10.6 Å². The molecule has 0 spiro atoms. The molecule has 0 aliphatic carbocycles. The van der Waals surface area contributed by atoms with Crippen molar-refractivity contribution in [3.8, 4) is 0 Å². The Hall–Kier alpha value is -2.39. The number of carbonyl (C=O) groups excluding carboxylic acids is 1. The molecule has 0 fully saturated rings. The van der Waals surface area contributed by atoms with Gasteiger partial charge in [-0.05, 0) is 42.3 Å². The van der Waals surface area contributed by atoms with Crippen LogP contribution in [0, 0.1) is 0 Å². The molecule has 0 radical (unpaired) electrons. The molecule has 0 N–H and O–H groups in total. The fourth-order valence-electron chi connectivity index (χ4n) is 2.08. The second-order valence-electron chi connectivity index (χ2n) is 4.65. The summed E-state index contributed by atoms with van der Waals surface area (Å²) in [5, 5.41) is 0.652. The van der Waals surface area contributed by atoms with E-state index in [2.05, 4.69) is 4.99 Å². The average molecular weight is 298 g/mol. The summed E-state index contributed by atoms with van der Waals surface area (Å²) < 4.78 is 5.25. The molecule has 0 amide bonds. The van der Waals surface area contributed by atoms with Gasteiger partial charge in [-0.2, -0.15) is 0 Å². The predicted octanol–water partition coefficient (Wildman–Crippen LogP) is 4.07. The number of cyclic esters (lactones) is 1. The molecule has 0 atom stereocenters. The minimum atomic E-state index is -0.429. The first kappa shape index (κ1) is 13.6. The summed E-state index contributed by atoms with van der Waals surface area (Å²) in [6, 6.07) is 16.6. The monoisotopic (exact) mass is 297 g/mol. The number of hydrogen-bond acceptors (Lipinski definition) is 3. The minimum absolute atomic E-state index is 0.330. The quantitative estimate of drug-likeness (QED) is 0.619. The highest BCUT2D eigenvalue weighted by Gasteiger charge is 2.26. The minimum Gasteiger partial charge on any atom is -0.402 e. The third-order valence-corrected chi connectivity index (χ3v) is 3.50. The Labute approximate surface area is 127 Å². The van der Waals surface area contributed by atoms with Crippen LogP contribution in [0.5, 0.6) is 0 Å². The van der Waals surface area contributed by atoms with Gasteiger partial charge in [-0.25, -0.2) is 9.79 Å². The van der Waals surface area contributed by atoms with Crippen molar-refractivity contribution in [3.05, 3.63) is 76.4 Å². The zero-order valence-corrected chi connectivity index (χ0v) is 12.1. The van der Waals surface area contributed by atoms with Gasteiger partial charge in [0.2, 0.25) is 5.90 Å². The lowest BCUT2D eigenvalue weighted by atomic mass is 10.1. The molecule has 3 nitrogen and oxygen atoms in total. The van der Waals surface area contributed by atoms with Crippen LogP contribution in [0.1, 0.15) is 18.1 Å². The van der Waals surface area contributed by atoms with E-state index in [9.17, 15) is 4.79 Å². The van der Waals surface area contributed by atoms with Crippen molar-refractivity contribution in [2.45, 2.75) is 6.92 Å². The maximum Gasteiger partial charge on any atom is 0.364 e. The van der Waals surface area contributed by atoms with Crippen molar-refractivity contribution < 1.29 is 9.53 Å². The van der Waals surface area contributed by atoms with E-state index < -0.39 is 5.97 Å². The zero-order chi connectivity index (χ0) is 14.8. The first-order valence-electron chi connectivity index (χ1n) is 6.48. The van der Waals surface area contributed by atoms with Crippen molar-refractivity contribution in [1.82, 2.24) is 0 Å². The lowest BCUT2D eigenvalue weighted by Crippen LogP contribution is -2.05. The van der Waals surface area contributed by atoms with Gasteiger partial charge in [-0.1, -0.05) is 41.9 Å². The normalized spacial score (nSPS) is 16.5. The lowest BCUT2D eigenvalue weighted by molar-refractivity contribution is -0.129. The largest absolute Gasteiger partial charge is 0.402 e. The number of aliphatic imine (C=N–C) groups is 1. The number of allylic oxidation sites excluding steroid dienone is 1. The van der Waals surface area contributed by atoms with E-state index in [0.717, 1.165) is 16.7 Å². The SMILES string of the molecule is CC(=C1N=C(c2ccccc2)OC1=O)c1ccc(Cl)cc1. The Morgan fingerprint density at radius 3 is 2.38 bits per heavy atom. The Bertz CT molecular complexity index is 746. The van der Waals surface area contributed by atoms with Crippen LogP contribution in [-0.2, 0) is 9.53 Å². The molecular weight excluding hydrogens is 286 g/mol. The van der Waals surface area contributed by atoms with E-state index >= 15 is 0 Å². The molecule has 21 heavy (non-hydrogen) atoms. The molecule has 4 heteroatoms. The molecule has 1 aliphatic heterocycles. The van der Waals surface area contributed by atoms with Gasteiger partial charge in [-0.15, -0.1) is 0 Å². The average Bonchev–Trinajstić information content (AvgIpc) is 2.90. The third-order valence-electron chi connectivity index (χ3n) is 3.25. The third kappa shape index (κ3) is 2.73. The highest BCUT2D eigenvalue weighted by atomic mass is 35.5. The number of halogens is 1. The number of ether oxygens (including phenoxy) is 1. The van der Waals surface area contributed by atoms with Crippen LogP contribution in [0.15, 0.2) is 65.3 Å². The zero-order valence-electron chi connectivity index (χ0n) is 11.3. The second-order valence-corrected chi connectivity index (χ2v) is 5.09. The number of rotatable bonds is 2. The van der Waals surface area contributed by atoms with Crippen LogP contribution < -0.4 is 0 Å². The summed E-state index contributed by atoms with van der Waals surface area (Å²) in [4.78, 5) is 16.3. The van der Waals surface area contributed by atoms with Gasteiger partial charge in [-0.3, -0.25) is 0 Å². The summed E-state index contributed by atoms with van der Waals surface area (Å²) in [5.74, 6) is -0.0924. The van der Waals surface area contributed by atoms with E-state index in [-0.39, 0.29) is 0 Å². The Kier molecular flexibility index (Phi) is 3.59. The smallest absolute Gasteiger partial charge is 0.364 e. The Morgan fingerprint density at radius 1 is 1.05 bits per heavy atom. The highest BCUT2D eigenvalue weighted by molar-refractivity contribution is 6.30. The van der Waals surface area contributed by atoms with Crippen molar-refractivity contribution in [2.24, 2.45) is 4.99 Å². The van der Waals surface area contributed by atoms with Crippen LogP contribution >= 0.6 is 11.6 Å². The van der Waals surface area contributed by atoms with E-state index in [1.165, 1.54) is 0 Å². The fraction of sp³-hybridized carbons (Fsp3) is 0.0588. The first-order valence-corrected chi connectivity index (χ1v) is 6.86. The summed E-state index contributed by atoms with van der Waals surface area (Å²) in [6.07, 6.45) is 0. The van der Waals surface area contributed by atoms with Crippen molar-refractivity contribution in [1.29, 1.82) is 0 Å². The highest BCUT2D eigenvalue weighted by Crippen LogP contribution is 2.26. The van der Waals surface area contributed by atoms with Crippen LogP contribution in [-0.4, -0.2) is 11.9 Å². The maximum absolute atomic E-state index is 12.0. The van der Waals surface area contributed by atoms with Crippen LogP contribution in [0.2, 0.25) is 5.02 Å². The van der Waals surface area contributed by atoms with Gasteiger partial charge >= 0.3 is 5.97 Å². The molecule has 0 unspecified atom stereocenters. The molecule has 0 saturated carbocycles. The molecule has 1 aliphatic rings. The standard InChI is InChI=1S/C17H12ClNO2/c1-11(12-7-9-14(18)10-8-12)15-17(20)21-16(19-15)13-5-3-2-4-6-13/h2-10H,1H3. The van der Waals surface area contributed by atoms with Gasteiger partial charge in [0.1, 0.15) is 0 Å².